The van der Waals surface area contributed by atoms with Crippen molar-refractivity contribution >= 4 is 17.4 Å². The summed E-state index contributed by atoms with van der Waals surface area (Å²) in [4.78, 5) is 25.6. The van der Waals surface area contributed by atoms with Crippen molar-refractivity contribution in [1.29, 1.82) is 0 Å². The molecule has 1 amide bonds. The molecule has 0 radical (unpaired) electrons. The molecule has 0 saturated carbocycles. The van der Waals surface area contributed by atoms with Crippen LogP contribution in [0.2, 0.25) is 0 Å². The third-order valence-electron chi connectivity index (χ3n) is 6.62. The summed E-state index contributed by atoms with van der Waals surface area (Å²) in [6, 6.07) is 10.4. The molecule has 1 saturated heterocycles. The molecule has 1 aliphatic heterocycles. The predicted molar refractivity (Wildman–Crippen MR) is 147 cm³/mol. The Balaban J connectivity index is 1.49. The molecule has 0 bridgehead atoms. The third-order valence-corrected chi connectivity index (χ3v) is 6.62. The third kappa shape index (κ3) is 7.68. The second-order valence-electron chi connectivity index (χ2n) is 9.86. The van der Waals surface area contributed by atoms with Crippen LogP contribution in [0.25, 0.3) is 0 Å². The Kier molecular flexibility index (Phi) is 9.23. The standard InChI is InChI=1S/C28H34F3N7O2/c1-5-37-10-12-38(13-11-37)17-21-8-9-22(15-23(21)28(29,30)31)34-27(39)20-7-6-19(2)24(14-20)40-26-16-25(32-18-33-26)35-36(3)4/h6-9,14-16,18H,5,10-13,17H2,1-4H3,(H,34,39)(H,32,33,35). The van der Waals surface area contributed by atoms with Crippen molar-refractivity contribution in [1.82, 2.24) is 24.8 Å². The topological polar surface area (TPSA) is 85.9 Å². The second-order valence-corrected chi connectivity index (χ2v) is 9.86. The van der Waals surface area contributed by atoms with Crippen LogP contribution in [0.5, 0.6) is 11.6 Å². The summed E-state index contributed by atoms with van der Waals surface area (Å²) in [6.45, 7) is 8.11. The minimum atomic E-state index is -4.55. The second kappa shape index (κ2) is 12.6. The summed E-state index contributed by atoms with van der Waals surface area (Å²) in [5.41, 5.74) is 3.49. The molecule has 1 fully saturated rings. The van der Waals surface area contributed by atoms with Crippen LogP contribution >= 0.6 is 0 Å². The summed E-state index contributed by atoms with van der Waals surface area (Å²) in [5.74, 6) is 0.617. The molecule has 0 aliphatic carbocycles. The van der Waals surface area contributed by atoms with E-state index in [0.717, 1.165) is 31.3 Å². The van der Waals surface area contributed by atoms with Gasteiger partial charge in [-0.05, 0) is 48.9 Å². The molecular weight excluding hydrogens is 523 g/mol. The zero-order valence-corrected chi connectivity index (χ0v) is 23.0. The van der Waals surface area contributed by atoms with Gasteiger partial charge in [-0.1, -0.05) is 19.1 Å². The van der Waals surface area contributed by atoms with Gasteiger partial charge in [0.1, 0.15) is 17.9 Å². The number of nitrogens with one attached hydrogen (secondary N) is 2. The molecule has 40 heavy (non-hydrogen) atoms. The first-order valence-corrected chi connectivity index (χ1v) is 13.0. The number of hydrogen-bond donors (Lipinski definition) is 2. The number of anilines is 2. The van der Waals surface area contributed by atoms with E-state index < -0.39 is 17.6 Å². The molecule has 1 aliphatic rings. The molecule has 0 atom stereocenters. The molecule has 3 aromatic rings. The van der Waals surface area contributed by atoms with Gasteiger partial charge in [0.2, 0.25) is 5.88 Å². The van der Waals surface area contributed by atoms with Gasteiger partial charge in [-0.15, -0.1) is 0 Å². The highest BCUT2D eigenvalue weighted by Crippen LogP contribution is 2.35. The maximum absolute atomic E-state index is 14.0. The van der Waals surface area contributed by atoms with Gasteiger partial charge >= 0.3 is 6.18 Å². The fourth-order valence-electron chi connectivity index (χ4n) is 4.41. The summed E-state index contributed by atoms with van der Waals surface area (Å²) >= 11 is 0. The predicted octanol–water partition coefficient (Wildman–Crippen LogP) is 4.87. The maximum Gasteiger partial charge on any atom is 0.416 e. The number of halogens is 3. The van der Waals surface area contributed by atoms with E-state index in [4.69, 9.17) is 4.74 Å². The molecule has 2 aromatic carbocycles. The Bertz CT molecular complexity index is 1330. The van der Waals surface area contributed by atoms with E-state index in [-0.39, 0.29) is 29.2 Å². The first-order chi connectivity index (χ1) is 19.0. The number of carbonyl (C=O) groups excluding carboxylic acids is 1. The van der Waals surface area contributed by atoms with Crippen molar-refractivity contribution in [2.45, 2.75) is 26.6 Å². The summed E-state index contributed by atoms with van der Waals surface area (Å²) < 4.78 is 47.9. The molecule has 214 valence electrons. The average Bonchev–Trinajstić information content (AvgIpc) is 2.90. The van der Waals surface area contributed by atoms with Gasteiger partial charge in [-0.3, -0.25) is 9.69 Å². The van der Waals surface area contributed by atoms with Crippen molar-refractivity contribution in [3.63, 3.8) is 0 Å². The Hall–Kier alpha value is -3.74. The number of hydrogen-bond acceptors (Lipinski definition) is 8. The maximum atomic E-state index is 14.0. The number of aromatic nitrogens is 2. The van der Waals surface area contributed by atoms with Crippen LogP contribution < -0.4 is 15.5 Å². The number of hydrazine groups is 1. The zero-order valence-electron chi connectivity index (χ0n) is 23.0. The van der Waals surface area contributed by atoms with Crippen molar-refractivity contribution < 1.29 is 22.7 Å². The lowest BCUT2D eigenvalue weighted by Crippen LogP contribution is -2.45. The quantitative estimate of drug-likeness (QED) is 0.361. The highest BCUT2D eigenvalue weighted by molar-refractivity contribution is 6.04. The molecule has 0 unspecified atom stereocenters. The largest absolute Gasteiger partial charge is 0.439 e. The molecule has 12 heteroatoms. The number of aryl methyl sites for hydroxylation is 1. The minimum Gasteiger partial charge on any atom is -0.439 e. The molecule has 9 nitrogen and oxygen atoms in total. The fourth-order valence-corrected chi connectivity index (χ4v) is 4.41. The summed E-state index contributed by atoms with van der Waals surface area (Å²) in [6.07, 6.45) is -3.20. The highest BCUT2D eigenvalue weighted by Gasteiger charge is 2.34. The van der Waals surface area contributed by atoms with Crippen LogP contribution in [-0.2, 0) is 12.7 Å². The van der Waals surface area contributed by atoms with Crippen LogP contribution in [-0.4, -0.2) is 77.5 Å². The molecule has 4 rings (SSSR count). The molecular formula is C28H34F3N7O2. The number of piperazine rings is 1. The SMILES string of the molecule is CCN1CCN(Cc2ccc(NC(=O)c3ccc(C)c(Oc4cc(NN(C)C)ncn4)c3)cc2C(F)(F)F)CC1. The summed E-state index contributed by atoms with van der Waals surface area (Å²) in [5, 5.41) is 4.32. The van der Waals surface area contributed by atoms with E-state index >= 15 is 0 Å². The van der Waals surface area contributed by atoms with E-state index in [0.29, 0.717) is 24.7 Å². The Morgan fingerprint density at radius 1 is 1.02 bits per heavy atom. The van der Waals surface area contributed by atoms with Crippen molar-refractivity contribution in [3.05, 3.63) is 71.0 Å². The van der Waals surface area contributed by atoms with Gasteiger partial charge in [0.25, 0.3) is 5.91 Å². The lowest BCUT2D eigenvalue weighted by atomic mass is 10.0. The van der Waals surface area contributed by atoms with E-state index in [1.165, 1.54) is 24.5 Å². The lowest BCUT2D eigenvalue weighted by Gasteiger charge is -2.34. The van der Waals surface area contributed by atoms with Crippen molar-refractivity contribution in [2.24, 2.45) is 0 Å². The number of alkyl halides is 3. The van der Waals surface area contributed by atoms with Crippen LogP contribution in [0, 0.1) is 6.92 Å². The molecule has 1 aromatic heterocycles. The van der Waals surface area contributed by atoms with E-state index in [1.807, 2.05) is 25.9 Å². The average molecular weight is 558 g/mol. The highest BCUT2D eigenvalue weighted by atomic mass is 19.4. The molecule has 0 spiro atoms. The van der Waals surface area contributed by atoms with Gasteiger partial charge in [-0.2, -0.15) is 13.2 Å². The number of likely N-dealkylation sites (N-methyl/N-ethyl adjacent to an activating group) is 1. The van der Waals surface area contributed by atoms with E-state index in [9.17, 15) is 18.0 Å². The number of benzene rings is 2. The number of nitrogens with zero attached hydrogens (tertiary/aromatic N) is 5. The van der Waals surface area contributed by atoms with Gasteiger partial charge < -0.3 is 20.4 Å². The van der Waals surface area contributed by atoms with E-state index in [2.05, 4.69) is 32.5 Å². The van der Waals surface area contributed by atoms with Gasteiger partial charge in [0.05, 0.1) is 5.56 Å². The number of carbonyl (C=O) groups is 1. The van der Waals surface area contributed by atoms with Crippen LogP contribution in [0.1, 0.15) is 34.0 Å². The van der Waals surface area contributed by atoms with Crippen LogP contribution in [0.4, 0.5) is 24.7 Å². The normalized spacial score (nSPS) is 14.8. The van der Waals surface area contributed by atoms with E-state index in [1.54, 1.807) is 23.2 Å². The fraction of sp³-hybridized carbons (Fsp3) is 0.393. The Labute approximate surface area is 231 Å². The van der Waals surface area contributed by atoms with Crippen LogP contribution in [0.3, 0.4) is 0 Å². The Morgan fingerprint density at radius 2 is 1.75 bits per heavy atom. The van der Waals surface area contributed by atoms with Crippen molar-refractivity contribution in [2.75, 3.05) is 57.6 Å². The van der Waals surface area contributed by atoms with Crippen LogP contribution in [0.15, 0.2) is 48.8 Å². The Morgan fingerprint density at radius 3 is 2.42 bits per heavy atom. The first-order valence-electron chi connectivity index (χ1n) is 13.0. The molecule has 2 N–H and O–H groups in total. The lowest BCUT2D eigenvalue weighted by molar-refractivity contribution is -0.138. The number of amides is 1. The van der Waals surface area contributed by atoms with Gasteiger partial charge in [0.15, 0.2) is 0 Å². The number of rotatable bonds is 9. The molecule has 2 heterocycles. The van der Waals surface area contributed by atoms with Gasteiger partial charge in [0, 0.05) is 64.1 Å². The zero-order chi connectivity index (χ0) is 28.9. The minimum absolute atomic E-state index is 0.0649. The monoisotopic (exact) mass is 557 g/mol. The number of ether oxygens (including phenoxy) is 1. The van der Waals surface area contributed by atoms with Crippen molar-refractivity contribution in [3.8, 4) is 11.6 Å². The first kappa shape index (κ1) is 29.2. The summed E-state index contributed by atoms with van der Waals surface area (Å²) in [7, 11) is 3.63. The van der Waals surface area contributed by atoms with Gasteiger partial charge in [-0.25, -0.2) is 15.0 Å². The smallest absolute Gasteiger partial charge is 0.416 e.